The van der Waals surface area contributed by atoms with Crippen molar-refractivity contribution in [2.75, 3.05) is 13.7 Å². The Morgan fingerprint density at radius 1 is 1.35 bits per heavy atom. The van der Waals surface area contributed by atoms with E-state index in [1.165, 1.54) is 0 Å². The maximum atomic E-state index is 12.1. The van der Waals surface area contributed by atoms with Crippen LogP contribution in [0, 0.1) is 0 Å². The zero-order chi connectivity index (χ0) is 16.8. The van der Waals surface area contributed by atoms with Crippen LogP contribution in [0.3, 0.4) is 0 Å². The summed E-state index contributed by atoms with van der Waals surface area (Å²) in [6.07, 6.45) is 0.967. The summed E-state index contributed by atoms with van der Waals surface area (Å²) < 4.78 is 15.7. The van der Waals surface area contributed by atoms with Crippen LogP contribution in [0.4, 0.5) is 4.79 Å². The number of methoxy groups -OCH3 is 1. The van der Waals surface area contributed by atoms with Crippen LogP contribution in [0.25, 0.3) is 10.9 Å². The summed E-state index contributed by atoms with van der Waals surface area (Å²) in [6, 6.07) is 5.20. The molecule has 0 unspecified atom stereocenters. The van der Waals surface area contributed by atoms with Crippen LogP contribution in [-0.4, -0.2) is 24.8 Å². The third-order valence-electron chi connectivity index (χ3n) is 3.35. The molecule has 0 atom stereocenters. The number of aromatic amines is 1. The highest BCUT2D eigenvalue weighted by Crippen LogP contribution is 2.34. The first-order chi connectivity index (χ1) is 11.1. The van der Waals surface area contributed by atoms with Crippen LogP contribution in [0.1, 0.15) is 25.3 Å². The third kappa shape index (κ3) is 3.94. The molecule has 0 spiro atoms. The molecule has 0 radical (unpaired) electrons. The molecule has 7 nitrogen and oxygen atoms in total. The van der Waals surface area contributed by atoms with E-state index >= 15 is 0 Å². The number of unbranched alkanes of at least 4 members (excludes halogenated alkanes) is 1. The van der Waals surface area contributed by atoms with Crippen molar-refractivity contribution < 1.29 is 19.0 Å². The number of fused-ring (bicyclic) bond motifs is 1. The van der Waals surface area contributed by atoms with Gasteiger partial charge in [-0.2, -0.15) is 0 Å². The van der Waals surface area contributed by atoms with Crippen LogP contribution >= 0.6 is 0 Å². The molecule has 0 aliphatic carbocycles. The lowest BCUT2D eigenvalue weighted by Gasteiger charge is -2.13. The largest absolute Gasteiger partial charge is 0.493 e. The van der Waals surface area contributed by atoms with Gasteiger partial charge in [-0.25, -0.2) is 4.79 Å². The first-order valence-electron chi connectivity index (χ1n) is 7.34. The van der Waals surface area contributed by atoms with Crippen molar-refractivity contribution in [1.29, 1.82) is 0 Å². The van der Waals surface area contributed by atoms with Gasteiger partial charge < -0.3 is 24.9 Å². The Morgan fingerprint density at radius 2 is 2.13 bits per heavy atom. The minimum atomic E-state index is -0.928. The Morgan fingerprint density at radius 3 is 2.78 bits per heavy atom. The lowest BCUT2D eigenvalue weighted by atomic mass is 10.1. The number of hydrogen-bond donors (Lipinski definition) is 2. The smallest absolute Gasteiger partial charge is 0.404 e. The number of hydrogen-bond acceptors (Lipinski definition) is 5. The minimum Gasteiger partial charge on any atom is -0.493 e. The maximum absolute atomic E-state index is 12.1. The van der Waals surface area contributed by atoms with Gasteiger partial charge in [0.05, 0.1) is 24.8 Å². The number of carbonyl (C=O) groups is 1. The van der Waals surface area contributed by atoms with E-state index in [0.717, 1.165) is 18.2 Å². The number of nitrogens with two attached hydrogens (primary N) is 1. The van der Waals surface area contributed by atoms with Gasteiger partial charge in [0, 0.05) is 5.39 Å². The van der Waals surface area contributed by atoms with E-state index in [1.54, 1.807) is 25.3 Å². The number of primary amides is 1. The van der Waals surface area contributed by atoms with Gasteiger partial charge in [-0.05, 0) is 24.6 Å². The SMILES string of the molecule is CCCCOc1c(OC)ccc2cc(COC(N)=O)c(=O)[nH]c12. The molecule has 7 heteroatoms. The zero-order valence-corrected chi connectivity index (χ0v) is 13.2. The molecule has 0 saturated carbocycles. The van der Waals surface area contributed by atoms with Crippen molar-refractivity contribution in [3.05, 3.63) is 34.1 Å². The second-order valence-corrected chi connectivity index (χ2v) is 4.99. The van der Waals surface area contributed by atoms with Crippen molar-refractivity contribution in [2.24, 2.45) is 5.73 Å². The number of amides is 1. The van der Waals surface area contributed by atoms with E-state index < -0.39 is 6.09 Å². The molecule has 1 heterocycles. The van der Waals surface area contributed by atoms with Gasteiger partial charge in [-0.3, -0.25) is 4.79 Å². The summed E-state index contributed by atoms with van der Waals surface area (Å²) in [6.45, 7) is 2.41. The predicted molar refractivity (Wildman–Crippen MR) is 85.9 cm³/mol. The summed E-state index contributed by atoms with van der Waals surface area (Å²) in [4.78, 5) is 25.6. The van der Waals surface area contributed by atoms with Crippen molar-refractivity contribution in [1.82, 2.24) is 4.98 Å². The Hall–Kier alpha value is -2.70. The van der Waals surface area contributed by atoms with Crippen molar-refractivity contribution in [3.8, 4) is 11.5 Å². The highest BCUT2D eigenvalue weighted by molar-refractivity contribution is 5.87. The number of ether oxygens (including phenoxy) is 3. The topological polar surface area (TPSA) is 104 Å². The molecule has 1 aromatic carbocycles. The van der Waals surface area contributed by atoms with Gasteiger partial charge in [-0.15, -0.1) is 0 Å². The molecular formula is C16H20N2O5. The summed E-state index contributed by atoms with van der Waals surface area (Å²) in [5.74, 6) is 1.04. The quantitative estimate of drug-likeness (QED) is 0.762. The molecule has 0 bridgehead atoms. The first-order valence-corrected chi connectivity index (χ1v) is 7.34. The molecule has 124 valence electrons. The van der Waals surface area contributed by atoms with Gasteiger partial charge in [-0.1, -0.05) is 13.3 Å². The number of carbonyl (C=O) groups excluding carboxylic acids is 1. The lowest BCUT2D eigenvalue weighted by molar-refractivity contribution is 0.150. The lowest BCUT2D eigenvalue weighted by Crippen LogP contribution is -2.18. The van der Waals surface area contributed by atoms with Gasteiger partial charge in [0.15, 0.2) is 11.5 Å². The molecule has 1 aromatic heterocycles. The van der Waals surface area contributed by atoms with Gasteiger partial charge in [0.25, 0.3) is 5.56 Å². The Labute approximate surface area is 133 Å². The van der Waals surface area contributed by atoms with Gasteiger partial charge in [0.2, 0.25) is 0 Å². The number of pyridine rings is 1. The fraction of sp³-hybridized carbons (Fsp3) is 0.375. The van der Waals surface area contributed by atoms with Crippen LogP contribution in [0.5, 0.6) is 11.5 Å². The molecule has 3 N–H and O–H groups in total. The second-order valence-electron chi connectivity index (χ2n) is 4.99. The monoisotopic (exact) mass is 320 g/mol. The summed E-state index contributed by atoms with van der Waals surface area (Å²) in [5, 5.41) is 0.750. The molecule has 0 aliphatic heterocycles. The molecule has 0 saturated heterocycles. The van der Waals surface area contributed by atoms with E-state index in [9.17, 15) is 9.59 Å². The second kappa shape index (κ2) is 7.53. The fourth-order valence-corrected chi connectivity index (χ4v) is 2.15. The van der Waals surface area contributed by atoms with Crippen LogP contribution in [-0.2, 0) is 11.3 Å². The fourth-order valence-electron chi connectivity index (χ4n) is 2.15. The highest BCUT2D eigenvalue weighted by Gasteiger charge is 2.13. The van der Waals surface area contributed by atoms with E-state index in [2.05, 4.69) is 16.6 Å². The van der Waals surface area contributed by atoms with Crippen LogP contribution in [0.2, 0.25) is 0 Å². The van der Waals surface area contributed by atoms with E-state index in [-0.39, 0.29) is 12.2 Å². The van der Waals surface area contributed by atoms with Crippen molar-refractivity contribution in [2.45, 2.75) is 26.4 Å². The van der Waals surface area contributed by atoms with Gasteiger partial charge in [0.1, 0.15) is 6.61 Å². The zero-order valence-electron chi connectivity index (χ0n) is 13.2. The summed E-state index contributed by atoms with van der Waals surface area (Å²) in [7, 11) is 1.54. The molecule has 2 aromatic rings. The summed E-state index contributed by atoms with van der Waals surface area (Å²) >= 11 is 0. The molecule has 0 aliphatic rings. The Bertz CT molecular complexity index is 754. The number of H-pyrrole nitrogens is 1. The molecule has 2 rings (SSSR count). The number of nitrogens with one attached hydrogen (secondary N) is 1. The van der Waals surface area contributed by atoms with E-state index in [0.29, 0.717) is 29.2 Å². The van der Waals surface area contributed by atoms with E-state index in [1.807, 2.05) is 0 Å². The third-order valence-corrected chi connectivity index (χ3v) is 3.35. The average molecular weight is 320 g/mol. The van der Waals surface area contributed by atoms with Crippen LogP contribution < -0.4 is 20.8 Å². The minimum absolute atomic E-state index is 0.182. The van der Waals surface area contributed by atoms with Gasteiger partial charge >= 0.3 is 6.09 Å². The molecule has 0 fully saturated rings. The maximum Gasteiger partial charge on any atom is 0.404 e. The van der Waals surface area contributed by atoms with E-state index in [4.69, 9.17) is 15.2 Å². The first kappa shape index (κ1) is 16.7. The Balaban J connectivity index is 2.44. The normalized spacial score (nSPS) is 10.5. The molecule has 1 amide bonds. The number of benzene rings is 1. The van der Waals surface area contributed by atoms with Crippen LogP contribution in [0.15, 0.2) is 23.0 Å². The van der Waals surface area contributed by atoms with Crippen molar-refractivity contribution >= 4 is 17.0 Å². The van der Waals surface area contributed by atoms with Crippen molar-refractivity contribution in [3.63, 3.8) is 0 Å². The summed E-state index contributed by atoms with van der Waals surface area (Å²) in [5.41, 5.74) is 5.41. The Kier molecular flexibility index (Phi) is 5.46. The predicted octanol–water partition coefficient (Wildman–Crippen LogP) is 2.31. The standard InChI is InChI=1S/C16H20N2O5/c1-3-4-7-22-14-12(21-2)6-5-10-8-11(9-23-16(17)20)15(19)18-13(10)14/h5-6,8H,3-4,7,9H2,1-2H3,(H2,17,20)(H,18,19). The number of rotatable bonds is 7. The molecule has 23 heavy (non-hydrogen) atoms. The number of aromatic nitrogens is 1. The average Bonchev–Trinajstić information content (AvgIpc) is 2.53. The highest BCUT2D eigenvalue weighted by atomic mass is 16.5. The molecular weight excluding hydrogens is 300 g/mol.